The summed E-state index contributed by atoms with van der Waals surface area (Å²) < 4.78 is 48.4. The summed E-state index contributed by atoms with van der Waals surface area (Å²) in [6.45, 7) is 8.38. The number of esters is 3. The molecular formula is C63H121NO13S. The highest BCUT2D eigenvalue weighted by Crippen LogP contribution is 2.15. The molecule has 0 amide bonds. The standard InChI is InChI=1S/C57H104O6.C6H15NO3.H2O4S/c1-4-7-10-13-16-19-22-25-28-31-34-37-40-43-46-49-55(58)61-52-54(63-57(60)51-48-45-42-39-36-33-30-27-24-21-18-15-12-9-6-3)53-62-56(59)50-47-44-41-38-35-32-29-26-23-20-17-14-11-8-5-2;8-4-1-7(2-5-9)3-6-10;1-5(2,3)4/h25-30,54H,4-24,31-53H2,1-3H3;8-10H,1-6H2;(H2,1,2,3,4)/b28-25+,29-26+,30-27+;;. The number of nitrogens with zero attached hydrogens (tertiary/aromatic N) is 1. The lowest BCUT2D eigenvalue weighted by atomic mass is 10.1. The first-order valence-corrected chi connectivity index (χ1v) is 33.0. The Morgan fingerprint density at radius 2 is 0.590 bits per heavy atom. The summed E-state index contributed by atoms with van der Waals surface area (Å²) in [5, 5.41) is 25.5. The number of allylic oxidation sites excluding steroid dienone is 6. The highest BCUT2D eigenvalue weighted by molar-refractivity contribution is 7.79. The summed E-state index contributed by atoms with van der Waals surface area (Å²) in [7, 11) is -4.67. The predicted molar refractivity (Wildman–Crippen MR) is 322 cm³/mol. The number of ether oxygens (including phenoxy) is 3. The summed E-state index contributed by atoms with van der Waals surface area (Å²) in [6, 6.07) is 0. The van der Waals surface area contributed by atoms with Gasteiger partial charge in [-0.25, -0.2) is 0 Å². The van der Waals surface area contributed by atoms with Crippen molar-refractivity contribution in [3.8, 4) is 0 Å². The zero-order valence-corrected chi connectivity index (χ0v) is 51.1. The van der Waals surface area contributed by atoms with Crippen LogP contribution >= 0.6 is 0 Å². The molecule has 5 N–H and O–H groups in total. The SMILES string of the molecule is CCCCCCCC/C=C/CCCCCCCC(=O)OCC(COC(=O)CCCCCCC/C=C/CCCCCCCC)OC(=O)CCCCCCC/C=C/CCCCCCCC.O=S(=O)(O)O.OCCN(CCO)CCO. The second-order valence-electron chi connectivity index (χ2n) is 20.9. The van der Waals surface area contributed by atoms with E-state index in [1.807, 2.05) is 0 Å². The molecular weight excluding hydrogens is 1010 g/mol. The minimum absolute atomic E-state index is 0.0694. The lowest BCUT2D eigenvalue weighted by molar-refractivity contribution is -0.167. The van der Waals surface area contributed by atoms with E-state index in [0.29, 0.717) is 38.9 Å². The Morgan fingerprint density at radius 1 is 0.372 bits per heavy atom. The van der Waals surface area contributed by atoms with Gasteiger partial charge in [0, 0.05) is 38.9 Å². The minimum atomic E-state index is -4.67. The van der Waals surface area contributed by atoms with E-state index in [1.165, 1.54) is 173 Å². The zero-order chi connectivity index (χ0) is 58.1. The smallest absolute Gasteiger partial charge is 0.394 e. The Bertz CT molecular complexity index is 1380. The molecule has 0 saturated carbocycles. The maximum absolute atomic E-state index is 12.8. The fourth-order valence-electron chi connectivity index (χ4n) is 8.66. The van der Waals surface area contributed by atoms with Crippen molar-refractivity contribution < 1.29 is 61.4 Å². The molecule has 0 bridgehead atoms. The van der Waals surface area contributed by atoms with Crippen LogP contribution in [0.3, 0.4) is 0 Å². The van der Waals surface area contributed by atoms with Gasteiger partial charge in [-0.15, -0.1) is 0 Å². The number of carbonyl (C=O) groups excluding carboxylic acids is 3. The first-order valence-electron chi connectivity index (χ1n) is 31.6. The number of aliphatic hydroxyl groups is 3. The molecule has 0 heterocycles. The molecule has 0 saturated heterocycles. The molecule has 0 unspecified atom stereocenters. The van der Waals surface area contributed by atoms with Crippen molar-refractivity contribution in [1.29, 1.82) is 0 Å². The van der Waals surface area contributed by atoms with E-state index in [1.54, 1.807) is 4.90 Å². The van der Waals surface area contributed by atoms with Crippen LogP contribution in [0.15, 0.2) is 36.5 Å². The average Bonchev–Trinajstić information content (AvgIpc) is 3.40. The number of unbranched alkanes of at least 4 members (excludes halogenated alkanes) is 33. The van der Waals surface area contributed by atoms with Crippen LogP contribution in [0.5, 0.6) is 0 Å². The Labute approximate surface area is 478 Å². The summed E-state index contributed by atoms with van der Waals surface area (Å²) >= 11 is 0. The van der Waals surface area contributed by atoms with Crippen molar-refractivity contribution in [2.75, 3.05) is 52.7 Å². The Balaban J connectivity index is -0.00000324. The van der Waals surface area contributed by atoms with E-state index in [9.17, 15) is 14.4 Å². The fourth-order valence-corrected chi connectivity index (χ4v) is 8.66. The van der Waals surface area contributed by atoms with Gasteiger partial charge >= 0.3 is 28.3 Å². The molecule has 0 atom stereocenters. The van der Waals surface area contributed by atoms with Gasteiger partial charge in [0.05, 0.1) is 19.8 Å². The third-order valence-electron chi connectivity index (χ3n) is 13.3. The third-order valence-corrected chi connectivity index (χ3v) is 13.3. The van der Waals surface area contributed by atoms with Crippen LogP contribution < -0.4 is 0 Å². The van der Waals surface area contributed by atoms with Gasteiger partial charge in [-0.05, 0) is 96.3 Å². The first-order chi connectivity index (χ1) is 37.9. The van der Waals surface area contributed by atoms with Gasteiger partial charge in [0.25, 0.3) is 0 Å². The van der Waals surface area contributed by atoms with Crippen LogP contribution in [0.4, 0.5) is 0 Å². The summed E-state index contributed by atoms with van der Waals surface area (Å²) in [5.74, 6) is -0.893. The highest BCUT2D eigenvalue weighted by atomic mass is 32.3. The lowest BCUT2D eigenvalue weighted by Crippen LogP contribution is -2.32. The van der Waals surface area contributed by atoms with E-state index in [2.05, 4.69) is 57.2 Å². The first kappa shape index (κ1) is 79.6. The highest BCUT2D eigenvalue weighted by Gasteiger charge is 2.19. The van der Waals surface area contributed by atoms with E-state index >= 15 is 0 Å². The second-order valence-corrected chi connectivity index (χ2v) is 21.8. The molecule has 0 aromatic rings. The second kappa shape index (κ2) is 66.8. The number of hydrogen-bond acceptors (Lipinski definition) is 12. The van der Waals surface area contributed by atoms with Gasteiger partial charge in [0.15, 0.2) is 6.10 Å². The van der Waals surface area contributed by atoms with Crippen LogP contribution in [0.25, 0.3) is 0 Å². The van der Waals surface area contributed by atoms with Crippen LogP contribution in [0.1, 0.15) is 290 Å². The molecule has 15 heteroatoms. The van der Waals surface area contributed by atoms with E-state index in [4.69, 9.17) is 47.1 Å². The summed E-state index contributed by atoms with van der Waals surface area (Å²) in [4.78, 5) is 39.8. The number of aliphatic hydroxyl groups excluding tert-OH is 3. The van der Waals surface area contributed by atoms with Crippen LogP contribution in [-0.4, -0.2) is 114 Å². The molecule has 0 aliphatic carbocycles. The number of hydrogen-bond donors (Lipinski definition) is 5. The number of carbonyl (C=O) groups is 3. The maximum atomic E-state index is 12.8. The van der Waals surface area contributed by atoms with E-state index in [0.717, 1.165) is 77.0 Å². The Kier molecular flexibility index (Phi) is 68.2. The van der Waals surface area contributed by atoms with Gasteiger partial charge in [0.2, 0.25) is 0 Å². The van der Waals surface area contributed by atoms with Crippen LogP contribution in [-0.2, 0) is 39.0 Å². The molecule has 0 aromatic heterocycles. The molecule has 78 heavy (non-hydrogen) atoms. The van der Waals surface area contributed by atoms with Gasteiger partial charge in [-0.2, -0.15) is 8.42 Å². The fraction of sp³-hybridized carbons (Fsp3) is 0.857. The third kappa shape index (κ3) is 75.4. The molecule has 0 fully saturated rings. The van der Waals surface area contributed by atoms with Gasteiger partial charge < -0.3 is 29.5 Å². The minimum Gasteiger partial charge on any atom is -0.462 e. The molecule has 0 aliphatic rings. The predicted octanol–water partition coefficient (Wildman–Crippen LogP) is 15.7. The average molecular weight is 1130 g/mol. The molecule has 0 rings (SSSR count). The zero-order valence-electron chi connectivity index (χ0n) is 50.3. The van der Waals surface area contributed by atoms with Crippen molar-refractivity contribution >= 4 is 28.3 Å². The maximum Gasteiger partial charge on any atom is 0.394 e. The lowest BCUT2D eigenvalue weighted by Gasteiger charge is -2.18. The number of rotatable bonds is 56. The van der Waals surface area contributed by atoms with Gasteiger partial charge in [0.1, 0.15) is 13.2 Å². The van der Waals surface area contributed by atoms with E-state index in [-0.39, 0.29) is 50.9 Å². The summed E-state index contributed by atoms with van der Waals surface area (Å²) in [6.07, 6.45) is 61.2. The van der Waals surface area contributed by atoms with Crippen molar-refractivity contribution in [2.24, 2.45) is 0 Å². The topological polar surface area (TPSA) is 217 Å². The van der Waals surface area contributed by atoms with E-state index < -0.39 is 16.5 Å². The Hall–Kier alpha value is -2.66. The van der Waals surface area contributed by atoms with Crippen molar-refractivity contribution in [1.82, 2.24) is 4.90 Å². The van der Waals surface area contributed by atoms with Crippen molar-refractivity contribution in [2.45, 2.75) is 297 Å². The molecule has 0 aliphatic heterocycles. The molecule has 0 radical (unpaired) electrons. The van der Waals surface area contributed by atoms with Gasteiger partial charge in [-0.1, -0.05) is 211 Å². The molecule has 14 nitrogen and oxygen atoms in total. The molecule has 0 spiro atoms. The molecule has 462 valence electrons. The van der Waals surface area contributed by atoms with Crippen LogP contribution in [0.2, 0.25) is 0 Å². The largest absolute Gasteiger partial charge is 0.462 e. The van der Waals surface area contributed by atoms with Crippen LogP contribution in [0, 0.1) is 0 Å². The van der Waals surface area contributed by atoms with Gasteiger partial charge in [-0.3, -0.25) is 28.4 Å². The van der Waals surface area contributed by atoms with Crippen molar-refractivity contribution in [3.05, 3.63) is 36.5 Å². The Morgan fingerprint density at radius 3 is 0.833 bits per heavy atom. The van der Waals surface area contributed by atoms with Crippen molar-refractivity contribution in [3.63, 3.8) is 0 Å². The molecule has 0 aromatic carbocycles. The summed E-state index contributed by atoms with van der Waals surface area (Å²) in [5.41, 5.74) is 0. The normalized spacial score (nSPS) is 11.7. The monoisotopic (exact) mass is 1130 g/mol. The quantitative estimate of drug-likeness (QED) is 0.0126.